The SMILES string of the molecule is O=S1CCCc2nc(N3C4C=C(c5ccc(Cl)cc5)CC3C4)nc(NC3(CO)CCC3)c21. The molecule has 5 aliphatic rings. The average molecular weight is 471 g/mol. The van der Waals surface area contributed by atoms with Crippen LogP contribution in [0.2, 0.25) is 5.02 Å². The fourth-order valence-electron chi connectivity index (χ4n) is 5.46. The number of fused-ring (bicyclic) bond motifs is 2. The Balaban J connectivity index is 1.34. The first-order valence-electron chi connectivity index (χ1n) is 11.5. The van der Waals surface area contributed by atoms with Crippen LogP contribution in [0.3, 0.4) is 0 Å². The molecule has 2 aliphatic carbocycles. The molecular weight excluding hydrogens is 444 g/mol. The maximum absolute atomic E-state index is 12.9. The Kier molecular flexibility index (Phi) is 5.04. The van der Waals surface area contributed by atoms with E-state index in [-0.39, 0.29) is 18.2 Å². The first kappa shape index (κ1) is 20.6. The van der Waals surface area contributed by atoms with Gasteiger partial charge < -0.3 is 15.3 Å². The highest BCUT2D eigenvalue weighted by atomic mass is 35.5. The van der Waals surface area contributed by atoms with Gasteiger partial charge in [0.25, 0.3) is 0 Å². The largest absolute Gasteiger partial charge is 0.394 e. The Morgan fingerprint density at radius 2 is 2.03 bits per heavy atom. The Bertz CT molecular complexity index is 1110. The molecule has 7 rings (SSSR count). The maximum atomic E-state index is 12.9. The van der Waals surface area contributed by atoms with Crippen LogP contribution in [0.5, 0.6) is 0 Å². The van der Waals surface area contributed by atoms with Gasteiger partial charge in [-0.05, 0) is 68.2 Å². The second-order valence-corrected chi connectivity index (χ2v) is 11.4. The van der Waals surface area contributed by atoms with E-state index in [2.05, 4.69) is 28.4 Å². The van der Waals surface area contributed by atoms with Crippen LogP contribution in [-0.4, -0.2) is 49.3 Å². The minimum absolute atomic E-state index is 0.0654. The van der Waals surface area contributed by atoms with Gasteiger partial charge in [0.05, 0.1) is 34.7 Å². The molecule has 1 aromatic heterocycles. The number of aromatic nitrogens is 2. The molecule has 2 aromatic rings. The molecule has 3 unspecified atom stereocenters. The zero-order valence-electron chi connectivity index (χ0n) is 17.9. The smallest absolute Gasteiger partial charge is 0.228 e. The van der Waals surface area contributed by atoms with E-state index in [9.17, 15) is 9.32 Å². The van der Waals surface area contributed by atoms with Crippen LogP contribution < -0.4 is 10.2 Å². The molecule has 1 saturated carbocycles. The molecule has 1 aromatic carbocycles. The van der Waals surface area contributed by atoms with Gasteiger partial charge >= 0.3 is 0 Å². The molecule has 0 spiro atoms. The third-order valence-corrected chi connectivity index (χ3v) is 9.25. The lowest BCUT2D eigenvalue weighted by Gasteiger charge is -2.52. The van der Waals surface area contributed by atoms with Gasteiger partial charge in [-0.1, -0.05) is 29.8 Å². The quantitative estimate of drug-likeness (QED) is 0.689. The van der Waals surface area contributed by atoms with Gasteiger partial charge in [-0.15, -0.1) is 0 Å². The second kappa shape index (κ2) is 7.82. The van der Waals surface area contributed by atoms with Crippen molar-refractivity contribution >= 4 is 39.7 Å². The molecule has 0 radical (unpaired) electrons. The first-order valence-corrected chi connectivity index (χ1v) is 13.2. The molecular formula is C24H27ClN4O2S. The van der Waals surface area contributed by atoms with Crippen LogP contribution in [0.25, 0.3) is 5.57 Å². The first-order chi connectivity index (χ1) is 15.5. The number of hydrogen-bond donors (Lipinski definition) is 2. The minimum Gasteiger partial charge on any atom is -0.394 e. The van der Waals surface area contributed by atoms with Crippen LogP contribution in [0.15, 0.2) is 35.2 Å². The third kappa shape index (κ3) is 3.37. The van der Waals surface area contributed by atoms with E-state index in [0.717, 1.165) is 66.5 Å². The van der Waals surface area contributed by atoms with E-state index in [1.165, 1.54) is 11.1 Å². The minimum atomic E-state index is -1.09. The van der Waals surface area contributed by atoms with Crippen molar-refractivity contribution in [2.75, 3.05) is 22.6 Å². The van der Waals surface area contributed by atoms with Gasteiger partial charge in [-0.2, -0.15) is 4.98 Å². The van der Waals surface area contributed by atoms with Crippen LogP contribution in [0.1, 0.15) is 49.8 Å². The van der Waals surface area contributed by atoms with Gasteiger partial charge in [-0.25, -0.2) is 4.98 Å². The Hall–Kier alpha value is -1.96. The summed E-state index contributed by atoms with van der Waals surface area (Å²) in [5, 5.41) is 14.2. The monoisotopic (exact) mass is 470 g/mol. The fraction of sp³-hybridized carbons (Fsp3) is 0.500. The molecule has 2 N–H and O–H groups in total. The summed E-state index contributed by atoms with van der Waals surface area (Å²) in [6, 6.07) is 8.70. The topological polar surface area (TPSA) is 78.4 Å². The number of nitrogens with one attached hydrogen (secondary N) is 1. The second-order valence-electron chi connectivity index (χ2n) is 9.49. The zero-order valence-corrected chi connectivity index (χ0v) is 19.5. The molecule has 0 amide bonds. The molecule has 168 valence electrons. The number of benzene rings is 1. The standard InChI is InChI=1S/C24H27ClN4O2S/c25-17-6-4-15(5-7-17)16-11-18-13-19(12-16)29(18)23-26-20-3-1-10-32(31)21(20)22(27-23)28-24(14-30)8-2-9-24/h4-7,11,18-19,30H,1-3,8-10,12-14H2,(H,26,27,28). The van der Waals surface area contributed by atoms with Gasteiger partial charge in [-0.3, -0.25) is 4.21 Å². The average Bonchev–Trinajstić information content (AvgIpc) is 2.76. The number of anilines is 2. The number of halogens is 1. The zero-order chi connectivity index (χ0) is 21.9. The number of aliphatic hydroxyl groups is 1. The lowest BCUT2D eigenvalue weighted by Crippen LogP contribution is -2.58. The van der Waals surface area contributed by atoms with Crippen LogP contribution in [-0.2, 0) is 17.2 Å². The van der Waals surface area contributed by atoms with Gasteiger partial charge in [0, 0.05) is 16.8 Å². The van der Waals surface area contributed by atoms with E-state index in [1.807, 2.05) is 12.1 Å². The number of rotatable bonds is 5. The molecule has 32 heavy (non-hydrogen) atoms. The van der Waals surface area contributed by atoms with Crippen molar-refractivity contribution < 1.29 is 9.32 Å². The number of nitrogens with zero attached hydrogens (tertiary/aromatic N) is 3. The highest BCUT2D eigenvalue weighted by Gasteiger charge is 2.44. The van der Waals surface area contributed by atoms with Crippen molar-refractivity contribution in [3.8, 4) is 0 Å². The summed E-state index contributed by atoms with van der Waals surface area (Å²) in [6.45, 7) is 0.0654. The summed E-state index contributed by atoms with van der Waals surface area (Å²) in [6.07, 6.45) is 9.00. The Morgan fingerprint density at radius 1 is 1.22 bits per heavy atom. The highest BCUT2D eigenvalue weighted by molar-refractivity contribution is 7.85. The number of hydrogen-bond acceptors (Lipinski definition) is 6. The normalized spacial score (nSPS) is 27.6. The van der Waals surface area contributed by atoms with E-state index < -0.39 is 10.8 Å². The van der Waals surface area contributed by atoms with Gasteiger partial charge in [0.1, 0.15) is 10.7 Å². The van der Waals surface area contributed by atoms with Crippen LogP contribution in [0, 0.1) is 0 Å². The molecule has 3 aliphatic heterocycles. The van der Waals surface area contributed by atoms with E-state index in [4.69, 9.17) is 21.6 Å². The number of aryl methyl sites for hydroxylation is 1. The Morgan fingerprint density at radius 3 is 2.69 bits per heavy atom. The van der Waals surface area contributed by atoms with Crippen molar-refractivity contribution in [2.24, 2.45) is 0 Å². The molecule has 8 heteroatoms. The lowest BCUT2D eigenvalue weighted by molar-refractivity contribution is 0.143. The predicted octanol–water partition coefficient (Wildman–Crippen LogP) is 3.95. The Labute approximate surface area is 195 Å². The summed E-state index contributed by atoms with van der Waals surface area (Å²) in [5.74, 6) is 2.05. The summed E-state index contributed by atoms with van der Waals surface area (Å²) in [7, 11) is -1.09. The van der Waals surface area contributed by atoms with Crippen LogP contribution in [0.4, 0.5) is 11.8 Å². The summed E-state index contributed by atoms with van der Waals surface area (Å²) < 4.78 is 12.9. The van der Waals surface area contributed by atoms with Crippen molar-refractivity contribution in [1.29, 1.82) is 0 Å². The molecule has 1 saturated heterocycles. The van der Waals surface area contributed by atoms with Gasteiger partial charge in [0.15, 0.2) is 0 Å². The molecule has 3 atom stereocenters. The lowest BCUT2D eigenvalue weighted by atomic mass is 9.77. The highest BCUT2D eigenvalue weighted by Crippen LogP contribution is 2.44. The molecule has 4 heterocycles. The van der Waals surface area contributed by atoms with Crippen LogP contribution >= 0.6 is 11.6 Å². The van der Waals surface area contributed by atoms with Crippen molar-refractivity contribution in [1.82, 2.24) is 9.97 Å². The number of aliphatic hydroxyl groups excluding tert-OH is 1. The van der Waals surface area contributed by atoms with Crippen molar-refractivity contribution in [2.45, 2.75) is 67.5 Å². The van der Waals surface area contributed by atoms with Gasteiger partial charge in [0.2, 0.25) is 5.95 Å². The fourth-order valence-corrected chi connectivity index (χ4v) is 6.91. The van der Waals surface area contributed by atoms with Crippen molar-refractivity contribution in [3.63, 3.8) is 0 Å². The van der Waals surface area contributed by atoms with Crippen molar-refractivity contribution in [3.05, 3.63) is 46.6 Å². The third-order valence-electron chi connectivity index (χ3n) is 7.45. The molecule has 2 bridgehead atoms. The predicted molar refractivity (Wildman–Crippen MR) is 128 cm³/mol. The summed E-state index contributed by atoms with van der Waals surface area (Å²) >= 11 is 6.06. The maximum Gasteiger partial charge on any atom is 0.228 e. The van der Waals surface area contributed by atoms with E-state index in [0.29, 0.717) is 17.6 Å². The summed E-state index contributed by atoms with van der Waals surface area (Å²) in [5.41, 5.74) is 3.14. The molecule has 6 nitrogen and oxygen atoms in total. The van der Waals surface area contributed by atoms with E-state index >= 15 is 0 Å². The van der Waals surface area contributed by atoms with E-state index in [1.54, 1.807) is 0 Å². The molecule has 2 fully saturated rings. The summed E-state index contributed by atoms with van der Waals surface area (Å²) in [4.78, 5) is 12.9.